The zero-order valence-electron chi connectivity index (χ0n) is 19.2. The van der Waals surface area contributed by atoms with Gasteiger partial charge in [-0.05, 0) is 55.0 Å². The van der Waals surface area contributed by atoms with Gasteiger partial charge in [0.05, 0.1) is 11.6 Å². The van der Waals surface area contributed by atoms with Crippen LogP contribution in [0.25, 0.3) is 0 Å². The largest absolute Gasteiger partial charge is 0.312 e. The van der Waals surface area contributed by atoms with Gasteiger partial charge in [-0.3, -0.25) is 9.59 Å². The molecule has 0 radical (unpaired) electrons. The Morgan fingerprint density at radius 1 is 1.03 bits per heavy atom. The monoisotopic (exact) mass is 545 g/mol. The molecule has 1 saturated heterocycles. The number of hydrogen-bond donors (Lipinski definition) is 0. The van der Waals surface area contributed by atoms with Crippen LogP contribution in [0.3, 0.4) is 0 Å². The minimum absolute atomic E-state index is 0.00731. The van der Waals surface area contributed by atoms with Gasteiger partial charge in [0, 0.05) is 42.8 Å². The highest BCUT2D eigenvalue weighted by molar-refractivity contribution is 9.10. The van der Waals surface area contributed by atoms with Gasteiger partial charge in [0.1, 0.15) is 4.90 Å². The van der Waals surface area contributed by atoms with E-state index in [9.17, 15) is 18.0 Å². The highest BCUT2D eigenvalue weighted by Gasteiger charge is 2.40. The number of hydrogen-bond acceptors (Lipinski definition) is 4. The summed E-state index contributed by atoms with van der Waals surface area (Å²) in [6.07, 6.45) is 3.05. The number of para-hydroxylation sites is 1. The maximum atomic E-state index is 13.9. The summed E-state index contributed by atoms with van der Waals surface area (Å²) in [7, 11) is -3.90. The predicted octanol–water partition coefficient (Wildman–Crippen LogP) is 3.74. The van der Waals surface area contributed by atoms with E-state index in [0.29, 0.717) is 55.5 Å². The lowest BCUT2D eigenvalue weighted by Crippen LogP contribution is -2.46. The maximum absolute atomic E-state index is 13.9. The van der Waals surface area contributed by atoms with Crippen molar-refractivity contribution >= 4 is 49.1 Å². The number of sulfonamides is 1. The Balaban J connectivity index is 1.44. The fourth-order valence-corrected chi connectivity index (χ4v) is 7.84. The standard InChI is InChI=1S/C25H28BrN3O4S/c1-2-23(30)29-13-10-18-14-20(26)15-22(24(18)29)34(32,33)27-11-5-7-19(16-27)25(31)28-12-9-17-6-3-4-8-21(17)28/h3-4,6,8,14-15,19H,2,5,7,9-13,16H2,1H3/t19-/m1/s1. The van der Waals surface area contributed by atoms with Crippen LogP contribution in [0.15, 0.2) is 45.8 Å². The minimum Gasteiger partial charge on any atom is -0.312 e. The number of benzene rings is 2. The van der Waals surface area contributed by atoms with E-state index < -0.39 is 10.0 Å². The van der Waals surface area contributed by atoms with Crippen LogP contribution in [-0.2, 0) is 32.5 Å². The lowest BCUT2D eigenvalue weighted by molar-refractivity contribution is -0.123. The second-order valence-corrected chi connectivity index (χ2v) is 12.0. The summed E-state index contributed by atoms with van der Waals surface area (Å²) in [4.78, 5) is 29.6. The Bertz CT molecular complexity index is 1260. The molecule has 3 heterocycles. The molecule has 34 heavy (non-hydrogen) atoms. The summed E-state index contributed by atoms with van der Waals surface area (Å²) in [6, 6.07) is 11.4. The van der Waals surface area contributed by atoms with Crippen molar-refractivity contribution < 1.29 is 18.0 Å². The van der Waals surface area contributed by atoms with E-state index in [1.165, 1.54) is 4.31 Å². The second kappa shape index (κ2) is 9.09. The number of fused-ring (bicyclic) bond motifs is 2. The lowest BCUT2D eigenvalue weighted by atomic mass is 9.98. The van der Waals surface area contributed by atoms with Crippen LogP contribution in [0.1, 0.15) is 37.3 Å². The second-order valence-electron chi connectivity index (χ2n) is 9.13. The molecule has 2 aromatic carbocycles. The van der Waals surface area contributed by atoms with Gasteiger partial charge in [-0.2, -0.15) is 4.31 Å². The number of halogens is 1. The predicted molar refractivity (Wildman–Crippen MR) is 134 cm³/mol. The lowest BCUT2D eigenvalue weighted by Gasteiger charge is -2.34. The van der Waals surface area contributed by atoms with E-state index in [1.807, 2.05) is 35.2 Å². The van der Waals surface area contributed by atoms with Crippen LogP contribution >= 0.6 is 15.9 Å². The number of piperidine rings is 1. The number of nitrogens with zero attached hydrogens (tertiary/aromatic N) is 3. The molecule has 0 aromatic heterocycles. The van der Waals surface area contributed by atoms with Gasteiger partial charge in [0.25, 0.3) is 0 Å². The Labute approximate surface area is 208 Å². The van der Waals surface area contributed by atoms with E-state index in [4.69, 9.17) is 0 Å². The van der Waals surface area contributed by atoms with Gasteiger partial charge in [0.15, 0.2) is 0 Å². The normalized spacial score (nSPS) is 20.4. The molecule has 0 N–H and O–H groups in total. The van der Waals surface area contributed by atoms with Crippen LogP contribution in [0.4, 0.5) is 11.4 Å². The molecular weight excluding hydrogens is 518 g/mol. The van der Waals surface area contributed by atoms with Crippen LogP contribution in [-0.4, -0.2) is 50.7 Å². The third kappa shape index (κ3) is 3.97. The fourth-order valence-electron chi connectivity index (χ4n) is 5.40. The van der Waals surface area contributed by atoms with E-state index in [1.54, 1.807) is 17.9 Å². The Morgan fingerprint density at radius 3 is 2.56 bits per heavy atom. The smallest absolute Gasteiger partial charge is 0.245 e. The van der Waals surface area contributed by atoms with Gasteiger partial charge in [0.2, 0.25) is 21.8 Å². The molecule has 7 nitrogen and oxygen atoms in total. The van der Waals surface area contributed by atoms with E-state index in [2.05, 4.69) is 15.9 Å². The molecule has 5 rings (SSSR count). The van der Waals surface area contributed by atoms with E-state index in [-0.39, 0.29) is 29.2 Å². The van der Waals surface area contributed by atoms with Crippen LogP contribution in [0.5, 0.6) is 0 Å². The third-order valence-corrected chi connectivity index (χ3v) is 9.44. The van der Waals surface area contributed by atoms with Crippen molar-refractivity contribution in [3.63, 3.8) is 0 Å². The Morgan fingerprint density at radius 2 is 1.76 bits per heavy atom. The van der Waals surface area contributed by atoms with Crippen molar-refractivity contribution in [3.8, 4) is 0 Å². The van der Waals surface area contributed by atoms with Gasteiger partial charge in [-0.1, -0.05) is 41.1 Å². The molecule has 0 spiro atoms. The van der Waals surface area contributed by atoms with Crippen LogP contribution in [0, 0.1) is 5.92 Å². The summed E-state index contributed by atoms with van der Waals surface area (Å²) in [5.74, 6) is -0.479. The molecule has 3 aliphatic heterocycles. The van der Waals surface area contributed by atoms with E-state index >= 15 is 0 Å². The molecule has 2 amide bonds. The summed E-state index contributed by atoms with van der Waals surface area (Å²) in [5, 5.41) is 0. The molecule has 3 aliphatic rings. The molecule has 2 aromatic rings. The zero-order valence-corrected chi connectivity index (χ0v) is 21.6. The Kier molecular flexibility index (Phi) is 6.29. The number of carbonyl (C=O) groups is 2. The van der Waals surface area contributed by atoms with Gasteiger partial charge >= 0.3 is 0 Å². The molecule has 0 bridgehead atoms. The number of carbonyl (C=O) groups excluding carboxylic acids is 2. The van der Waals surface area contributed by atoms with Crippen molar-refractivity contribution in [1.29, 1.82) is 0 Å². The molecule has 0 unspecified atom stereocenters. The molecule has 9 heteroatoms. The zero-order chi connectivity index (χ0) is 24.0. The number of amides is 2. The van der Waals surface area contributed by atoms with Crippen molar-refractivity contribution in [2.75, 3.05) is 36.0 Å². The Hall–Kier alpha value is -2.23. The van der Waals surface area contributed by atoms with Crippen LogP contribution < -0.4 is 9.80 Å². The fraction of sp³-hybridized carbons (Fsp3) is 0.440. The third-order valence-electron chi connectivity index (χ3n) is 7.10. The quantitative estimate of drug-likeness (QED) is 0.586. The molecular formula is C25H28BrN3O4S. The summed E-state index contributed by atoms with van der Waals surface area (Å²) < 4.78 is 29.9. The van der Waals surface area contributed by atoms with Crippen molar-refractivity contribution in [2.24, 2.45) is 5.92 Å². The molecule has 0 saturated carbocycles. The van der Waals surface area contributed by atoms with Crippen LogP contribution in [0.2, 0.25) is 0 Å². The first-order valence-electron chi connectivity index (χ1n) is 11.8. The van der Waals surface area contributed by atoms with Gasteiger partial charge in [-0.15, -0.1) is 0 Å². The summed E-state index contributed by atoms with van der Waals surface area (Å²) in [6.45, 7) is 3.42. The molecule has 1 fully saturated rings. The van der Waals surface area contributed by atoms with Crippen molar-refractivity contribution in [1.82, 2.24) is 4.31 Å². The molecule has 1 atom stereocenters. The summed E-state index contributed by atoms with van der Waals surface area (Å²) in [5.41, 5.74) is 3.44. The first-order valence-corrected chi connectivity index (χ1v) is 14.1. The minimum atomic E-state index is -3.90. The number of anilines is 2. The SMILES string of the molecule is CCC(=O)N1CCc2cc(Br)cc(S(=O)(=O)N3CCC[C@@H](C(=O)N4CCc5ccccc54)C3)c21. The maximum Gasteiger partial charge on any atom is 0.245 e. The van der Waals surface area contributed by atoms with Gasteiger partial charge < -0.3 is 9.80 Å². The molecule has 180 valence electrons. The van der Waals surface area contributed by atoms with Gasteiger partial charge in [-0.25, -0.2) is 8.42 Å². The van der Waals surface area contributed by atoms with Crippen molar-refractivity contribution in [2.45, 2.75) is 43.9 Å². The van der Waals surface area contributed by atoms with E-state index in [0.717, 1.165) is 23.2 Å². The topological polar surface area (TPSA) is 78.0 Å². The first kappa shape index (κ1) is 23.5. The number of rotatable bonds is 4. The average Bonchev–Trinajstić information content (AvgIpc) is 3.47. The summed E-state index contributed by atoms with van der Waals surface area (Å²) >= 11 is 3.45. The van der Waals surface area contributed by atoms with Crippen molar-refractivity contribution in [3.05, 3.63) is 52.0 Å². The highest BCUT2D eigenvalue weighted by atomic mass is 79.9. The molecule has 0 aliphatic carbocycles. The highest BCUT2D eigenvalue weighted by Crippen LogP contribution is 2.40. The first-order chi connectivity index (χ1) is 16.3. The average molecular weight is 546 g/mol.